The molecule has 0 aliphatic carbocycles. The molecule has 104 valence electrons. The topological polar surface area (TPSA) is 18.5 Å². The zero-order valence-electron chi connectivity index (χ0n) is 11.7. The van der Waals surface area contributed by atoms with Crippen LogP contribution in [0.5, 0.6) is 0 Å². The fourth-order valence-electron chi connectivity index (χ4n) is 2.13. The molecule has 0 radical (unpaired) electrons. The van der Waals surface area contributed by atoms with Gasteiger partial charge in [-0.3, -0.25) is 0 Å². The van der Waals surface area contributed by atoms with Crippen molar-refractivity contribution in [3.63, 3.8) is 0 Å². The van der Waals surface area contributed by atoms with Gasteiger partial charge in [0.25, 0.3) is 0 Å². The molecule has 0 amide bonds. The van der Waals surface area contributed by atoms with Crippen molar-refractivity contribution < 1.29 is 8.85 Å². The summed E-state index contributed by atoms with van der Waals surface area (Å²) in [5.41, 5.74) is 0. The lowest BCUT2D eigenvalue weighted by atomic mass is 10.3. The van der Waals surface area contributed by atoms with Gasteiger partial charge in [0.2, 0.25) is 0 Å². The maximum atomic E-state index is 5.63. The van der Waals surface area contributed by atoms with E-state index in [0.717, 1.165) is 0 Å². The van der Waals surface area contributed by atoms with E-state index in [9.17, 15) is 0 Å². The monoisotopic (exact) mass is 320 g/mol. The quantitative estimate of drug-likeness (QED) is 0.682. The summed E-state index contributed by atoms with van der Waals surface area (Å²) in [6.45, 7) is 2.07. The van der Waals surface area contributed by atoms with Crippen molar-refractivity contribution in [1.29, 1.82) is 0 Å². The molecule has 2 aromatic rings. The Hall–Kier alpha value is -0.723. The van der Waals surface area contributed by atoms with Gasteiger partial charge in [-0.15, -0.1) is 0 Å². The standard InChI is InChI=1S/C15H16O2S2Si/c1-16-20(3,17-2)11-8-9-14-15(10-11)19-13-7-5-4-6-12(13)18-14/h4-10H,1-3H3. The zero-order valence-corrected chi connectivity index (χ0v) is 14.3. The number of hydrogen-bond donors (Lipinski definition) is 0. The molecule has 20 heavy (non-hydrogen) atoms. The minimum atomic E-state index is -2.25. The van der Waals surface area contributed by atoms with Crippen molar-refractivity contribution in [2.75, 3.05) is 14.2 Å². The fraction of sp³-hybridized carbons (Fsp3) is 0.200. The highest BCUT2D eigenvalue weighted by Gasteiger charge is 2.32. The smallest absolute Gasteiger partial charge is 0.368 e. The first-order valence-corrected chi connectivity index (χ1v) is 10.3. The van der Waals surface area contributed by atoms with Crippen LogP contribution in [0.2, 0.25) is 6.55 Å². The molecule has 0 bridgehead atoms. The highest BCUT2D eigenvalue weighted by Crippen LogP contribution is 2.47. The van der Waals surface area contributed by atoms with Gasteiger partial charge in [-0.1, -0.05) is 41.7 Å². The van der Waals surface area contributed by atoms with E-state index in [1.54, 1.807) is 14.2 Å². The number of hydrogen-bond acceptors (Lipinski definition) is 4. The lowest BCUT2D eigenvalue weighted by molar-refractivity contribution is 0.265. The number of benzene rings is 2. The van der Waals surface area contributed by atoms with Gasteiger partial charge in [0.15, 0.2) is 0 Å². The van der Waals surface area contributed by atoms with Crippen LogP contribution in [0.4, 0.5) is 0 Å². The maximum absolute atomic E-state index is 5.63. The lowest BCUT2D eigenvalue weighted by Crippen LogP contribution is -2.49. The Kier molecular flexibility index (Phi) is 3.97. The molecular weight excluding hydrogens is 304 g/mol. The first-order chi connectivity index (χ1) is 9.66. The van der Waals surface area contributed by atoms with Crippen molar-refractivity contribution in [2.45, 2.75) is 26.1 Å². The summed E-state index contributed by atoms with van der Waals surface area (Å²) in [4.78, 5) is 5.25. The summed E-state index contributed by atoms with van der Waals surface area (Å²) in [5.74, 6) is 0. The van der Waals surface area contributed by atoms with Crippen LogP contribution in [-0.2, 0) is 8.85 Å². The van der Waals surface area contributed by atoms with Crippen molar-refractivity contribution >= 4 is 37.3 Å². The van der Waals surface area contributed by atoms with Gasteiger partial charge < -0.3 is 8.85 Å². The van der Waals surface area contributed by atoms with Crippen LogP contribution >= 0.6 is 23.5 Å². The van der Waals surface area contributed by atoms with Crippen LogP contribution in [0.15, 0.2) is 62.0 Å². The minimum Gasteiger partial charge on any atom is -0.394 e. The summed E-state index contributed by atoms with van der Waals surface area (Å²) < 4.78 is 11.3. The molecular formula is C15H16O2S2Si. The van der Waals surface area contributed by atoms with Crippen molar-refractivity contribution in [1.82, 2.24) is 0 Å². The molecule has 0 fully saturated rings. The molecule has 0 saturated carbocycles. The average molecular weight is 321 g/mol. The van der Waals surface area contributed by atoms with Gasteiger partial charge in [-0.05, 0) is 36.0 Å². The van der Waals surface area contributed by atoms with Gasteiger partial charge in [0, 0.05) is 33.8 Å². The molecule has 1 aliphatic heterocycles. The van der Waals surface area contributed by atoms with E-state index in [-0.39, 0.29) is 0 Å². The Bertz CT molecular complexity index is 642. The average Bonchev–Trinajstić information content (AvgIpc) is 2.51. The molecule has 2 aromatic carbocycles. The van der Waals surface area contributed by atoms with E-state index in [1.165, 1.54) is 24.8 Å². The Balaban J connectivity index is 2.00. The van der Waals surface area contributed by atoms with E-state index >= 15 is 0 Å². The summed E-state index contributed by atoms with van der Waals surface area (Å²) in [6.07, 6.45) is 0. The summed E-state index contributed by atoms with van der Waals surface area (Å²) in [6, 6.07) is 15.1. The predicted molar refractivity (Wildman–Crippen MR) is 86.4 cm³/mol. The molecule has 0 aromatic heterocycles. The van der Waals surface area contributed by atoms with E-state index in [0.29, 0.717) is 0 Å². The summed E-state index contributed by atoms with van der Waals surface area (Å²) >= 11 is 3.65. The third-order valence-electron chi connectivity index (χ3n) is 3.54. The first kappa shape index (κ1) is 14.2. The Labute approximate surface area is 129 Å². The summed E-state index contributed by atoms with van der Waals surface area (Å²) in [7, 11) is 1.21. The van der Waals surface area contributed by atoms with Crippen LogP contribution < -0.4 is 5.19 Å². The van der Waals surface area contributed by atoms with E-state index in [1.807, 2.05) is 23.5 Å². The van der Waals surface area contributed by atoms with Gasteiger partial charge in [-0.2, -0.15) is 0 Å². The van der Waals surface area contributed by atoms with Gasteiger partial charge in [-0.25, -0.2) is 0 Å². The third-order valence-corrected chi connectivity index (χ3v) is 9.00. The highest BCUT2D eigenvalue weighted by molar-refractivity contribution is 8.05. The molecule has 1 heterocycles. The molecule has 5 heteroatoms. The number of rotatable bonds is 3. The van der Waals surface area contributed by atoms with E-state index < -0.39 is 8.56 Å². The fourth-order valence-corrected chi connectivity index (χ4v) is 5.92. The molecule has 0 spiro atoms. The van der Waals surface area contributed by atoms with Gasteiger partial charge >= 0.3 is 8.56 Å². The second-order valence-corrected chi connectivity index (χ2v) is 10.1. The molecule has 0 N–H and O–H groups in total. The Morgan fingerprint density at radius 3 is 1.95 bits per heavy atom. The lowest BCUT2D eigenvalue weighted by Gasteiger charge is -2.25. The van der Waals surface area contributed by atoms with Crippen molar-refractivity contribution in [3.8, 4) is 0 Å². The van der Waals surface area contributed by atoms with Crippen LogP contribution in [0.3, 0.4) is 0 Å². The minimum absolute atomic E-state index is 1.17. The largest absolute Gasteiger partial charge is 0.394 e. The van der Waals surface area contributed by atoms with E-state index in [4.69, 9.17) is 8.85 Å². The molecule has 0 saturated heterocycles. The summed E-state index contributed by atoms with van der Waals surface area (Å²) in [5, 5.41) is 1.17. The maximum Gasteiger partial charge on any atom is 0.368 e. The van der Waals surface area contributed by atoms with Crippen molar-refractivity contribution in [3.05, 3.63) is 42.5 Å². The third kappa shape index (κ3) is 2.44. The second kappa shape index (κ2) is 5.58. The SMILES string of the molecule is CO[Si](C)(OC)c1ccc2c(c1)Sc1ccccc1S2. The predicted octanol–water partition coefficient (Wildman–Crippen LogP) is 3.87. The first-order valence-electron chi connectivity index (χ1n) is 6.36. The Morgan fingerprint density at radius 2 is 1.35 bits per heavy atom. The Morgan fingerprint density at radius 1 is 0.800 bits per heavy atom. The van der Waals surface area contributed by atoms with Crippen LogP contribution in [-0.4, -0.2) is 22.8 Å². The molecule has 3 rings (SSSR count). The molecule has 0 unspecified atom stereocenters. The molecule has 2 nitrogen and oxygen atoms in total. The van der Waals surface area contributed by atoms with Crippen molar-refractivity contribution in [2.24, 2.45) is 0 Å². The number of fused-ring (bicyclic) bond motifs is 2. The van der Waals surface area contributed by atoms with Crippen LogP contribution in [0.25, 0.3) is 0 Å². The van der Waals surface area contributed by atoms with Gasteiger partial charge in [0.05, 0.1) is 0 Å². The zero-order chi connectivity index (χ0) is 14.2. The molecule has 1 aliphatic rings. The second-order valence-electron chi connectivity index (χ2n) is 4.67. The van der Waals surface area contributed by atoms with Crippen LogP contribution in [0, 0.1) is 0 Å². The van der Waals surface area contributed by atoms with Crippen LogP contribution in [0.1, 0.15) is 0 Å². The van der Waals surface area contributed by atoms with E-state index in [2.05, 4.69) is 49.0 Å². The highest BCUT2D eigenvalue weighted by atomic mass is 32.2. The molecule has 0 atom stereocenters. The normalized spacial score (nSPS) is 13.8. The van der Waals surface area contributed by atoms with Gasteiger partial charge in [0.1, 0.15) is 0 Å².